The quantitative estimate of drug-likeness (QED) is 0.602. The molecule has 1 aromatic heterocycles. The first kappa shape index (κ1) is 8.07. The Morgan fingerprint density at radius 1 is 1.92 bits per heavy atom. The number of anilines is 1. The van der Waals surface area contributed by atoms with Crippen molar-refractivity contribution < 1.29 is 4.79 Å². The van der Waals surface area contributed by atoms with Gasteiger partial charge in [-0.2, -0.15) is 5.26 Å². The number of nitrogens with zero attached hydrogens (tertiary/aromatic N) is 3. The molecule has 6 heteroatoms. The highest BCUT2D eigenvalue weighted by atomic mass is 16.2. The summed E-state index contributed by atoms with van der Waals surface area (Å²) in [7, 11) is 1.44. The summed E-state index contributed by atoms with van der Waals surface area (Å²) in [6.45, 7) is 0. The van der Waals surface area contributed by atoms with Crippen LogP contribution in [0.1, 0.15) is 5.69 Å². The van der Waals surface area contributed by atoms with Crippen molar-refractivity contribution in [3.05, 3.63) is 12.0 Å². The van der Waals surface area contributed by atoms with Gasteiger partial charge in [0.2, 0.25) is 0 Å². The summed E-state index contributed by atoms with van der Waals surface area (Å²) in [6, 6.07) is 1.19. The van der Waals surface area contributed by atoms with Crippen molar-refractivity contribution in [3.63, 3.8) is 0 Å². The van der Waals surface area contributed by atoms with Gasteiger partial charge in [-0.1, -0.05) is 0 Å². The minimum Gasteiger partial charge on any atom is -0.351 e. The van der Waals surface area contributed by atoms with Gasteiger partial charge in [0, 0.05) is 7.05 Å². The summed E-state index contributed by atoms with van der Waals surface area (Å²) in [4.78, 5) is 18.1. The smallest absolute Gasteiger partial charge is 0.320 e. The molecule has 1 heterocycles. The first-order valence-corrected chi connectivity index (χ1v) is 3.13. The van der Waals surface area contributed by atoms with Gasteiger partial charge < -0.3 is 10.7 Å². The van der Waals surface area contributed by atoms with Gasteiger partial charge in [-0.05, 0) is 0 Å². The maximum Gasteiger partial charge on any atom is 0.320 e. The zero-order valence-electron chi connectivity index (χ0n) is 6.40. The fourth-order valence-electron chi connectivity index (χ4n) is 0.728. The van der Waals surface area contributed by atoms with Crippen LogP contribution in [0.3, 0.4) is 0 Å². The average molecular weight is 165 g/mol. The molecule has 0 unspecified atom stereocenters. The van der Waals surface area contributed by atoms with Crippen LogP contribution in [-0.4, -0.2) is 23.0 Å². The Kier molecular flexibility index (Phi) is 1.96. The summed E-state index contributed by atoms with van der Waals surface area (Å²) in [5.41, 5.74) is 5.19. The number of nitrogens with two attached hydrogens (primary N) is 1. The zero-order chi connectivity index (χ0) is 9.14. The van der Waals surface area contributed by atoms with E-state index in [0.717, 1.165) is 4.90 Å². The van der Waals surface area contributed by atoms with E-state index in [1.807, 2.05) is 6.07 Å². The van der Waals surface area contributed by atoms with Crippen LogP contribution in [0.4, 0.5) is 10.6 Å². The molecule has 3 N–H and O–H groups in total. The van der Waals surface area contributed by atoms with Gasteiger partial charge in [0.25, 0.3) is 0 Å². The van der Waals surface area contributed by atoms with Crippen molar-refractivity contribution in [1.82, 2.24) is 9.97 Å². The Hall–Kier alpha value is -2.03. The van der Waals surface area contributed by atoms with Gasteiger partial charge in [0.1, 0.15) is 6.07 Å². The van der Waals surface area contributed by atoms with E-state index in [0.29, 0.717) is 0 Å². The van der Waals surface area contributed by atoms with E-state index in [2.05, 4.69) is 9.97 Å². The highest BCUT2D eigenvalue weighted by Gasteiger charge is 2.13. The molecule has 0 atom stereocenters. The number of H-pyrrole nitrogens is 1. The number of nitriles is 1. The van der Waals surface area contributed by atoms with Crippen LogP contribution in [0.5, 0.6) is 0 Å². The molecule has 62 valence electrons. The minimum absolute atomic E-state index is 0.219. The zero-order valence-corrected chi connectivity index (χ0v) is 6.40. The average Bonchev–Trinajstić information content (AvgIpc) is 2.49. The third-order valence-electron chi connectivity index (χ3n) is 1.38. The first-order valence-electron chi connectivity index (χ1n) is 3.13. The molecule has 0 saturated carbocycles. The lowest BCUT2D eigenvalue weighted by Gasteiger charge is -2.09. The maximum absolute atomic E-state index is 10.7. The van der Waals surface area contributed by atoms with Crippen LogP contribution in [0.15, 0.2) is 6.33 Å². The van der Waals surface area contributed by atoms with Crippen molar-refractivity contribution in [1.29, 1.82) is 5.26 Å². The number of primary amides is 1. The van der Waals surface area contributed by atoms with E-state index in [1.165, 1.54) is 13.4 Å². The minimum atomic E-state index is -0.654. The molecule has 0 radical (unpaired) electrons. The van der Waals surface area contributed by atoms with Crippen LogP contribution < -0.4 is 10.6 Å². The van der Waals surface area contributed by atoms with E-state index in [1.54, 1.807) is 0 Å². The number of carbonyl (C=O) groups is 1. The van der Waals surface area contributed by atoms with Crippen LogP contribution in [-0.2, 0) is 0 Å². The Labute approximate surface area is 68.6 Å². The third kappa shape index (κ3) is 1.20. The molecule has 0 aliphatic carbocycles. The third-order valence-corrected chi connectivity index (χ3v) is 1.38. The molecule has 0 fully saturated rings. The van der Waals surface area contributed by atoms with E-state index in [-0.39, 0.29) is 11.5 Å². The summed E-state index contributed by atoms with van der Waals surface area (Å²) in [5.74, 6) is 0.241. The largest absolute Gasteiger partial charge is 0.351 e. The summed E-state index contributed by atoms with van der Waals surface area (Å²) in [6.07, 6.45) is 1.33. The molecule has 0 saturated heterocycles. The Morgan fingerprint density at radius 2 is 2.58 bits per heavy atom. The molecule has 0 aliphatic rings. The number of imidazole rings is 1. The SMILES string of the molecule is CN(C(N)=O)c1nc[nH]c1C#N. The number of carbonyl (C=O) groups excluding carboxylic acids is 1. The Balaban J connectivity index is 3.03. The van der Waals surface area contributed by atoms with Gasteiger partial charge in [-0.3, -0.25) is 4.90 Å². The number of nitrogens with one attached hydrogen (secondary N) is 1. The molecule has 0 spiro atoms. The summed E-state index contributed by atoms with van der Waals surface area (Å²) < 4.78 is 0. The predicted molar refractivity (Wildman–Crippen MR) is 41.3 cm³/mol. The lowest BCUT2D eigenvalue weighted by atomic mass is 10.4. The number of aromatic nitrogens is 2. The molecule has 1 rings (SSSR count). The fraction of sp³-hybridized carbons (Fsp3) is 0.167. The number of amides is 2. The van der Waals surface area contributed by atoms with Gasteiger partial charge >= 0.3 is 6.03 Å². The van der Waals surface area contributed by atoms with Crippen molar-refractivity contribution in [2.75, 3.05) is 11.9 Å². The van der Waals surface area contributed by atoms with Gasteiger partial charge in [0.15, 0.2) is 11.5 Å². The molecular formula is C6H7N5O. The number of rotatable bonds is 1. The van der Waals surface area contributed by atoms with Crippen molar-refractivity contribution >= 4 is 11.8 Å². The van der Waals surface area contributed by atoms with Crippen molar-refractivity contribution in [2.45, 2.75) is 0 Å². The Bertz CT molecular complexity index is 336. The Morgan fingerprint density at radius 3 is 3.08 bits per heavy atom. The molecule has 0 bridgehead atoms. The molecule has 12 heavy (non-hydrogen) atoms. The number of aromatic amines is 1. The first-order chi connectivity index (χ1) is 5.66. The van der Waals surface area contributed by atoms with E-state index >= 15 is 0 Å². The van der Waals surface area contributed by atoms with E-state index in [9.17, 15) is 4.79 Å². The van der Waals surface area contributed by atoms with E-state index < -0.39 is 6.03 Å². The highest BCUT2D eigenvalue weighted by Crippen LogP contribution is 2.11. The second kappa shape index (κ2) is 2.92. The molecule has 2 amide bonds. The molecular weight excluding hydrogens is 158 g/mol. The molecule has 0 aliphatic heterocycles. The van der Waals surface area contributed by atoms with Crippen LogP contribution in [0, 0.1) is 11.3 Å². The standard InChI is InChI=1S/C6H7N5O/c1-11(6(8)12)5-4(2-7)9-3-10-5/h3H,1H3,(H2,8,12)(H,9,10). The second-order valence-corrected chi connectivity index (χ2v) is 2.11. The summed E-state index contributed by atoms with van der Waals surface area (Å²) >= 11 is 0. The van der Waals surface area contributed by atoms with Gasteiger partial charge in [0.05, 0.1) is 6.33 Å². The number of hydrogen-bond acceptors (Lipinski definition) is 3. The van der Waals surface area contributed by atoms with Crippen LogP contribution in [0.2, 0.25) is 0 Å². The normalized spacial score (nSPS) is 9.00. The number of urea groups is 1. The highest BCUT2D eigenvalue weighted by molar-refractivity contribution is 5.89. The monoisotopic (exact) mass is 165 g/mol. The van der Waals surface area contributed by atoms with E-state index in [4.69, 9.17) is 11.0 Å². The van der Waals surface area contributed by atoms with Crippen LogP contribution >= 0.6 is 0 Å². The molecule has 6 nitrogen and oxygen atoms in total. The van der Waals surface area contributed by atoms with Gasteiger partial charge in [-0.15, -0.1) is 0 Å². The van der Waals surface area contributed by atoms with Crippen molar-refractivity contribution in [2.24, 2.45) is 5.73 Å². The lowest BCUT2D eigenvalue weighted by molar-refractivity contribution is 0.255. The fourth-order valence-corrected chi connectivity index (χ4v) is 0.728. The number of hydrogen-bond donors (Lipinski definition) is 2. The lowest BCUT2D eigenvalue weighted by Crippen LogP contribution is -2.32. The second-order valence-electron chi connectivity index (χ2n) is 2.11. The maximum atomic E-state index is 10.7. The van der Waals surface area contributed by atoms with Crippen molar-refractivity contribution in [3.8, 4) is 6.07 Å². The topological polar surface area (TPSA) is 98.8 Å². The molecule has 1 aromatic rings. The summed E-state index contributed by atoms with van der Waals surface area (Å²) in [5, 5.41) is 8.54. The van der Waals surface area contributed by atoms with Gasteiger partial charge in [-0.25, -0.2) is 9.78 Å². The predicted octanol–water partition coefficient (Wildman–Crippen LogP) is -0.204. The van der Waals surface area contributed by atoms with Crippen LogP contribution in [0.25, 0.3) is 0 Å². The molecule has 0 aromatic carbocycles.